The lowest BCUT2D eigenvalue weighted by molar-refractivity contribution is -0.384. The number of hydrogen-bond donors (Lipinski definition) is 3. The molecule has 170 valence electrons. The second-order valence-corrected chi connectivity index (χ2v) is 7.13. The van der Waals surface area contributed by atoms with Crippen molar-refractivity contribution in [1.82, 2.24) is 9.97 Å². The van der Waals surface area contributed by atoms with Crippen molar-refractivity contribution in [2.75, 3.05) is 16.2 Å². The van der Waals surface area contributed by atoms with Crippen molar-refractivity contribution in [2.24, 2.45) is 0 Å². The molecule has 0 unspecified atom stereocenters. The summed E-state index contributed by atoms with van der Waals surface area (Å²) in [4.78, 5) is 29.8. The van der Waals surface area contributed by atoms with E-state index in [1.54, 1.807) is 0 Å². The molecule has 0 fully saturated rings. The van der Waals surface area contributed by atoms with Crippen LogP contribution in [0.2, 0.25) is 0 Å². The van der Waals surface area contributed by atoms with E-state index in [4.69, 9.17) is 0 Å². The zero-order chi connectivity index (χ0) is 23.9. The Morgan fingerprint density at radius 2 is 1.24 bits per heavy atom. The lowest BCUT2D eigenvalue weighted by Crippen LogP contribution is -2.17. The van der Waals surface area contributed by atoms with Gasteiger partial charge in [-0.05, 0) is 23.3 Å². The maximum Gasteiger partial charge on any atom is 0.354 e. The molecule has 0 bridgehead atoms. The van der Waals surface area contributed by atoms with Crippen LogP contribution < -0.4 is 16.2 Å². The van der Waals surface area contributed by atoms with E-state index in [9.17, 15) is 20.2 Å². The summed E-state index contributed by atoms with van der Waals surface area (Å²) < 4.78 is 0. The molecule has 0 saturated carbocycles. The highest BCUT2D eigenvalue weighted by atomic mass is 16.6. The van der Waals surface area contributed by atoms with Crippen LogP contribution in [-0.4, -0.2) is 19.8 Å². The van der Waals surface area contributed by atoms with E-state index >= 15 is 0 Å². The number of aromatic nitrogens is 2. The Kier molecular flexibility index (Phi) is 6.54. The minimum Gasteiger partial charge on any atom is -0.353 e. The molecular weight excluding hydrogens is 438 g/mol. The third-order valence-corrected chi connectivity index (χ3v) is 4.96. The second-order valence-electron chi connectivity index (χ2n) is 7.13. The summed E-state index contributed by atoms with van der Waals surface area (Å²) in [6.07, 6.45) is 1.21. The summed E-state index contributed by atoms with van der Waals surface area (Å²) in [7, 11) is 0. The Hall–Kier alpha value is -5.06. The van der Waals surface area contributed by atoms with E-state index in [2.05, 4.69) is 26.1 Å². The van der Waals surface area contributed by atoms with Crippen LogP contribution in [0.25, 0.3) is 0 Å². The molecule has 34 heavy (non-hydrogen) atoms. The Morgan fingerprint density at radius 1 is 0.676 bits per heavy atom. The fraction of sp³-hybridized carbons (Fsp3) is 0.0435. The number of non-ortho nitro benzene ring substituents is 1. The maximum absolute atomic E-state index is 12.0. The quantitative estimate of drug-likeness (QED) is 0.235. The van der Waals surface area contributed by atoms with Crippen LogP contribution in [0.5, 0.6) is 0 Å². The molecule has 0 aliphatic carbocycles. The van der Waals surface area contributed by atoms with Crippen LogP contribution in [0.15, 0.2) is 91.3 Å². The highest BCUT2D eigenvalue weighted by Crippen LogP contribution is 2.34. The molecule has 0 saturated heterocycles. The number of nitro benzene ring substituents is 1. The second kappa shape index (κ2) is 10.0. The molecular formula is C23H19N7O4. The van der Waals surface area contributed by atoms with Crippen molar-refractivity contribution in [3.8, 4) is 0 Å². The van der Waals surface area contributed by atoms with Crippen molar-refractivity contribution in [3.05, 3.63) is 123 Å². The van der Waals surface area contributed by atoms with Crippen molar-refractivity contribution in [2.45, 2.75) is 6.04 Å². The highest BCUT2D eigenvalue weighted by molar-refractivity contribution is 5.71. The number of nitrogens with zero attached hydrogens (tertiary/aromatic N) is 4. The van der Waals surface area contributed by atoms with E-state index in [1.807, 2.05) is 60.7 Å². The molecule has 0 amide bonds. The van der Waals surface area contributed by atoms with Crippen LogP contribution >= 0.6 is 0 Å². The van der Waals surface area contributed by atoms with E-state index in [1.165, 1.54) is 30.6 Å². The van der Waals surface area contributed by atoms with Gasteiger partial charge in [-0.25, -0.2) is 9.97 Å². The molecule has 11 heteroatoms. The van der Waals surface area contributed by atoms with Crippen LogP contribution in [0.1, 0.15) is 17.2 Å². The van der Waals surface area contributed by atoms with Gasteiger partial charge < -0.3 is 5.32 Å². The molecule has 11 nitrogen and oxygen atoms in total. The molecule has 0 radical (unpaired) electrons. The van der Waals surface area contributed by atoms with Crippen LogP contribution in [0.4, 0.5) is 28.7 Å². The number of nitro groups is 2. The van der Waals surface area contributed by atoms with Gasteiger partial charge in [-0.2, -0.15) is 0 Å². The van der Waals surface area contributed by atoms with Crippen LogP contribution in [-0.2, 0) is 0 Å². The summed E-state index contributed by atoms with van der Waals surface area (Å²) >= 11 is 0. The van der Waals surface area contributed by atoms with Crippen molar-refractivity contribution < 1.29 is 9.85 Å². The Balaban J connectivity index is 1.63. The van der Waals surface area contributed by atoms with E-state index in [-0.39, 0.29) is 23.0 Å². The molecule has 1 aromatic heterocycles. The smallest absolute Gasteiger partial charge is 0.353 e. The Morgan fingerprint density at radius 3 is 1.76 bits per heavy atom. The zero-order valence-electron chi connectivity index (χ0n) is 17.7. The average Bonchev–Trinajstić information content (AvgIpc) is 2.87. The molecule has 0 aliphatic heterocycles. The largest absolute Gasteiger partial charge is 0.354 e. The molecule has 1 heterocycles. The summed E-state index contributed by atoms with van der Waals surface area (Å²) in [5, 5.41) is 26.0. The number of nitrogens with one attached hydrogen (secondary N) is 3. The first-order valence-corrected chi connectivity index (χ1v) is 10.1. The monoisotopic (exact) mass is 457 g/mol. The Labute approximate surface area is 193 Å². The predicted molar refractivity (Wildman–Crippen MR) is 127 cm³/mol. The maximum atomic E-state index is 12.0. The topological polar surface area (TPSA) is 148 Å². The number of hydrazine groups is 1. The molecule has 3 N–H and O–H groups in total. The molecule has 3 aromatic carbocycles. The number of hydrogen-bond acceptors (Lipinski definition) is 9. The lowest BCUT2D eigenvalue weighted by Gasteiger charge is -2.20. The normalized spacial score (nSPS) is 10.5. The fourth-order valence-corrected chi connectivity index (χ4v) is 3.33. The zero-order valence-corrected chi connectivity index (χ0v) is 17.7. The third kappa shape index (κ3) is 5.05. The molecule has 4 aromatic rings. The van der Waals surface area contributed by atoms with Gasteiger partial charge in [-0.3, -0.25) is 31.1 Å². The minimum absolute atomic E-state index is 0.0331. The van der Waals surface area contributed by atoms with Gasteiger partial charge in [0.2, 0.25) is 11.6 Å². The van der Waals surface area contributed by atoms with Gasteiger partial charge in [0.1, 0.15) is 6.33 Å². The van der Waals surface area contributed by atoms with Crippen molar-refractivity contribution in [3.63, 3.8) is 0 Å². The standard InChI is InChI=1S/C23H19N7O4/c31-29(32)19-13-11-18(12-14-19)27-28-23-21(30(33)34)22(24-15-25-23)26-20(16-7-3-1-4-8-16)17-9-5-2-6-10-17/h1-15,20,27H,(H2,24,25,26,28). The van der Waals surface area contributed by atoms with Gasteiger partial charge in [0.15, 0.2) is 0 Å². The summed E-state index contributed by atoms with van der Waals surface area (Å²) in [5.41, 5.74) is 7.31. The van der Waals surface area contributed by atoms with E-state index in [0.29, 0.717) is 5.69 Å². The lowest BCUT2D eigenvalue weighted by atomic mass is 9.99. The summed E-state index contributed by atoms with van der Waals surface area (Å²) in [5.74, 6) is -0.0357. The van der Waals surface area contributed by atoms with Crippen LogP contribution in [0.3, 0.4) is 0 Å². The van der Waals surface area contributed by atoms with E-state index < -0.39 is 15.9 Å². The summed E-state index contributed by atoms with van der Waals surface area (Å²) in [6.45, 7) is 0. The van der Waals surface area contributed by atoms with Crippen LogP contribution in [0, 0.1) is 20.2 Å². The number of anilines is 3. The first-order chi connectivity index (χ1) is 16.5. The number of benzene rings is 3. The van der Waals surface area contributed by atoms with E-state index in [0.717, 1.165) is 11.1 Å². The highest BCUT2D eigenvalue weighted by Gasteiger charge is 2.26. The minimum atomic E-state index is -0.574. The van der Waals surface area contributed by atoms with Gasteiger partial charge in [0.05, 0.1) is 21.6 Å². The predicted octanol–water partition coefficient (Wildman–Crippen LogP) is 4.93. The SMILES string of the molecule is O=[N+]([O-])c1ccc(NNc2ncnc(NC(c3ccccc3)c3ccccc3)c2[N+](=O)[O-])cc1. The van der Waals surface area contributed by atoms with Crippen molar-refractivity contribution >= 4 is 28.7 Å². The molecule has 0 atom stereocenters. The number of rotatable bonds is 9. The fourth-order valence-electron chi connectivity index (χ4n) is 3.33. The van der Waals surface area contributed by atoms with Gasteiger partial charge in [-0.1, -0.05) is 60.7 Å². The third-order valence-electron chi connectivity index (χ3n) is 4.96. The van der Waals surface area contributed by atoms with Gasteiger partial charge in [0.25, 0.3) is 5.69 Å². The van der Waals surface area contributed by atoms with Gasteiger partial charge >= 0.3 is 5.69 Å². The molecule has 0 aliphatic rings. The first-order valence-electron chi connectivity index (χ1n) is 10.1. The van der Waals surface area contributed by atoms with Gasteiger partial charge in [-0.15, -0.1) is 0 Å². The first kappa shape index (κ1) is 22.1. The molecule has 4 rings (SSSR count). The summed E-state index contributed by atoms with van der Waals surface area (Å²) in [6, 6.07) is 24.2. The van der Waals surface area contributed by atoms with Gasteiger partial charge in [0, 0.05) is 12.1 Å². The molecule has 0 spiro atoms. The average molecular weight is 457 g/mol. The van der Waals surface area contributed by atoms with Crippen molar-refractivity contribution in [1.29, 1.82) is 0 Å². The Bertz CT molecular complexity index is 1250.